The van der Waals surface area contributed by atoms with E-state index in [9.17, 15) is 9.59 Å². The van der Waals surface area contributed by atoms with E-state index in [4.69, 9.17) is 0 Å². The van der Waals surface area contributed by atoms with E-state index in [0.717, 1.165) is 95.2 Å². The molecule has 2 fully saturated rings. The van der Waals surface area contributed by atoms with E-state index < -0.39 is 0 Å². The Bertz CT molecular complexity index is 946. The molecule has 6 nitrogen and oxygen atoms in total. The number of aryl methyl sites for hydroxylation is 1. The van der Waals surface area contributed by atoms with Crippen LogP contribution in [0.15, 0.2) is 30.3 Å². The van der Waals surface area contributed by atoms with Crippen LogP contribution in [0.25, 0.3) is 0 Å². The van der Waals surface area contributed by atoms with Crippen molar-refractivity contribution in [3.8, 4) is 0 Å². The fourth-order valence-electron chi connectivity index (χ4n) is 5.85. The van der Waals surface area contributed by atoms with E-state index >= 15 is 0 Å². The highest BCUT2D eigenvalue weighted by atomic mass is 16.2. The Balaban J connectivity index is 1.18. The lowest BCUT2D eigenvalue weighted by atomic mass is 9.81. The van der Waals surface area contributed by atoms with Crippen molar-refractivity contribution in [2.75, 3.05) is 26.2 Å². The maximum atomic E-state index is 13.4. The van der Waals surface area contributed by atoms with Crippen molar-refractivity contribution in [3.05, 3.63) is 52.8 Å². The fourth-order valence-corrected chi connectivity index (χ4v) is 5.85. The van der Waals surface area contributed by atoms with Crippen molar-refractivity contribution in [1.29, 1.82) is 0 Å². The van der Waals surface area contributed by atoms with Crippen LogP contribution in [0.4, 0.5) is 0 Å². The van der Waals surface area contributed by atoms with Gasteiger partial charge in [-0.05, 0) is 62.8 Å². The minimum atomic E-state index is 0.0690. The van der Waals surface area contributed by atoms with Gasteiger partial charge in [0.2, 0.25) is 5.91 Å². The third-order valence-corrected chi connectivity index (χ3v) is 7.74. The lowest BCUT2D eigenvalue weighted by Crippen LogP contribution is -2.44. The van der Waals surface area contributed by atoms with Gasteiger partial charge in [0.1, 0.15) is 0 Å². The van der Waals surface area contributed by atoms with Gasteiger partial charge in [0.15, 0.2) is 5.69 Å². The molecular formula is C26H34N4O2. The number of piperidine rings is 1. The number of aromatic nitrogens is 2. The summed E-state index contributed by atoms with van der Waals surface area (Å²) in [5.41, 5.74) is 4.19. The zero-order valence-corrected chi connectivity index (χ0v) is 18.9. The first-order chi connectivity index (χ1) is 15.7. The maximum Gasteiger partial charge on any atom is 0.274 e. The van der Waals surface area contributed by atoms with Gasteiger partial charge in [-0.25, -0.2) is 0 Å². The van der Waals surface area contributed by atoms with Crippen molar-refractivity contribution in [1.82, 2.24) is 20.0 Å². The largest absolute Gasteiger partial charge is 0.342 e. The van der Waals surface area contributed by atoms with Crippen LogP contribution in [0.3, 0.4) is 0 Å². The molecule has 0 radical (unpaired) electrons. The number of amides is 2. The van der Waals surface area contributed by atoms with Crippen LogP contribution < -0.4 is 0 Å². The smallest absolute Gasteiger partial charge is 0.274 e. The highest BCUT2D eigenvalue weighted by Crippen LogP contribution is 2.33. The van der Waals surface area contributed by atoms with Gasteiger partial charge < -0.3 is 9.80 Å². The quantitative estimate of drug-likeness (QED) is 0.781. The molecule has 2 saturated heterocycles. The van der Waals surface area contributed by atoms with E-state index in [1.165, 1.54) is 5.56 Å². The summed E-state index contributed by atoms with van der Waals surface area (Å²) in [5.74, 6) is 0.904. The molecule has 5 rings (SSSR count). The molecule has 1 aromatic carbocycles. The Kier molecular flexibility index (Phi) is 6.28. The molecule has 1 aromatic heterocycles. The number of nitrogens with one attached hydrogen (secondary N) is 1. The van der Waals surface area contributed by atoms with Gasteiger partial charge in [0, 0.05) is 43.4 Å². The number of H-pyrrole nitrogens is 1. The third-order valence-electron chi connectivity index (χ3n) is 7.74. The SMILES string of the molecule is O=C(c1n[nH]c2c1CCC2)N1CCC(C2CCCCN(CCc3ccccc3)C2=O)CC1. The van der Waals surface area contributed by atoms with Crippen molar-refractivity contribution in [2.24, 2.45) is 11.8 Å². The Morgan fingerprint density at radius 2 is 1.81 bits per heavy atom. The number of carbonyl (C=O) groups excluding carboxylic acids is 2. The van der Waals surface area contributed by atoms with E-state index in [1.54, 1.807) is 0 Å². The van der Waals surface area contributed by atoms with Gasteiger partial charge in [-0.15, -0.1) is 0 Å². The standard InChI is InChI=1S/C26H34N4O2/c31-25-21(9-4-5-15-29(25)16-12-19-7-2-1-3-8-19)20-13-17-30(18-14-20)26(32)24-22-10-6-11-23(22)27-28-24/h1-3,7-8,20-21H,4-6,9-18H2,(H,27,28). The monoisotopic (exact) mass is 434 g/mol. The molecule has 2 aliphatic heterocycles. The van der Waals surface area contributed by atoms with Crippen molar-refractivity contribution in [3.63, 3.8) is 0 Å². The Hall–Kier alpha value is -2.63. The second-order valence-corrected chi connectivity index (χ2v) is 9.68. The van der Waals surface area contributed by atoms with Crippen LogP contribution in [0, 0.1) is 11.8 Å². The lowest BCUT2D eigenvalue weighted by molar-refractivity contribution is -0.137. The van der Waals surface area contributed by atoms with Crippen LogP contribution in [0.5, 0.6) is 0 Å². The third kappa shape index (κ3) is 4.32. The predicted octanol–water partition coefficient (Wildman–Crippen LogP) is 3.62. The molecule has 170 valence electrons. The molecule has 0 spiro atoms. The Morgan fingerprint density at radius 3 is 2.62 bits per heavy atom. The van der Waals surface area contributed by atoms with Gasteiger partial charge >= 0.3 is 0 Å². The van der Waals surface area contributed by atoms with E-state index in [2.05, 4.69) is 39.4 Å². The van der Waals surface area contributed by atoms with Crippen LogP contribution in [-0.4, -0.2) is 58.0 Å². The summed E-state index contributed by atoms with van der Waals surface area (Å²) >= 11 is 0. The average molecular weight is 435 g/mol. The number of fused-ring (bicyclic) bond motifs is 1. The van der Waals surface area contributed by atoms with Crippen LogP contribution in [0.1, 0.15) is 65.8 Å². The molecule has 0 bridgehead atoms. The van der Waals surface area contributed by atoms with Gasteiger partial charge in [-0.3, -0.25) is 14.7 Å². The van der Waals surface area contributed by atoms with Gasteiger partial charge in [-0.2, -0.15) is 5.10 Å². The predicted molar refractivity (Wildman–Crippen MR) is 123 cm³/mol. The van der Waals surface area contributed by atoms with E-state index in [0.29, 0.717) is 17.5 Å². The lowest BCUT2D eigenvalue weighted by Gasteiger charge is -2.36. The van der Waals surface area contributed by atoms with Crippen molar-refractivity contribution in [2.45, 2.75) is 57.8 Å². The molecular weight excluding hydrogens is 400 g/mol. The molecule has 32 heavy (non-hydrogen) atoms. The second-order valence-electron chi connectivity index (χ2n) is 9.68. The minimum absolute atomic E-state index is 0.0690. The summed E-state index contributed by atoms with van der Waals surface area (Å²) in [6, 6.07) is 10.4. The summed E-state index contributed by atoms with van der Waals surface area (Å²) in [4.78, 5) is 30.6. The summed E-state index contributed by atoms with van der Waals surface area (Å²) in [5, 5.41) is 7.38. The van der Waals surface area contributed by atoms with Crippen molar-refractivity contribution < 1.29 is 9.59 Å². The molecule has 3 aliphatic rings. The van der Waals surface area contributed by atoms with Crippen LogP contribution in [0.2, 0.25) is 0 Å². The summed E-state index contributed by atoms with van der Waals surface area (Å²) in [6.45, 7) is 3.16. The first-order valence-corrected chi connectivity index (χ1v) is 12.4. The summed E-state index contributed by atoms with van der Waals surface area (Å²) in [6.07, 6.45) is 9.03. The first-order valence-electron chi connectivity index (χ1n) is 12.4. The highest BCUT2D eigenvalue weighted by Gasteiger charge is 2.36. The van der Waals surface area contributed by atoms with Gasteiger partial charge in [-0.1, -0.05) is 36.8 Å². The molecule has 1 N–H and O–H groups in total. The number of rotatable bonds is 5. The summed E-state index contributed by atoms with van der Waals surface area (Å²) < 4.78 is 0. The molecule has 1 aliphatic carbocycles. The minimum Gasteiger partial charge on any atom is -0.342 e. The van der Waals surface area contributed by atoms with E-state index in [1.807, 2.05) is 11.0 Å². The molecule has 6 heteroatoms. The normalized spacial score (nSPS) is 22.1. The highest BCUT2D eigenvalue weighted by molar-refractivity contribution is 5.94. The van der Waals surface area contributed by atoms with Crippen LogP contribution in [-0.2, 0) is 24.1 Å². The Morgan fingerprint density at radius 1 is 1.00 bits per heavy atom. The number of hydrogen-bond donors (Lipinski definition) is 1. The Labute approximate surface area is 190 Å². The second kappa shape index (κ2) is 9.47. The van der Waals surface area contributed by atoms with E-state index in [-0.39, 0.29) is 11.8 Å². The molecule has 3 heterocycles. The molecule has 2 aromatic rings. The van der Waals surface area contributed by atoms with Gasteiger partial charge in [0.05, 0.1) is 0 Å². The molecule has 2 amide bonds. The number of nitrogens with zero attached hydrogens (tertiary/aromatic N) is 3. The zero-order chi connectivity index (χ0) is 21.9. The molecule has 0 saturated carbocycles. The molecule has 1 unspecified atom stereocenters. The first kappa shape index (κ1) is 21.2. The average Bonchev–Trinajstić information content (AvgIpc) is 3.40. The maximum absolute atomic E-state index is 13.4. The number of hydrogen-bond acceptors (Lipinski definition) is 3. The number of likely N-dealkylation sites (tertiary alicyclic amines) is 2. The fraction of sp³-hybridized carbons (Fsp3) is 0.577. The van der Waals surface area contributed by atoms with Crippen molar-refractivity contribution >= 4 is 11.8 Å². The van der Waals surface area contributed by atoms with Crippen LogP contribution >= 0.6 is 0 Å². The van der Waals surface area contributed by atoms with Gasteiger partial charge in [0.25, 0.3) is 5.91 Å². The zero-order valence-electron chi connectivity index (χ0n) is 18.9. The summed E-state index contributed by atoms with van der Waals surface area (Å²) in [7, 11) is 0. The molecule has 1 atom stereocenters. The topological polar surface area (TPSA) is 69.3 Å². The number of carbonyl (C=O) groups is 2. The number of aromatic amines is 1. The number of benzene rings is 1.